The van der Waals surface area contributed by atoms with Crippen LogP contribution in [0.1, 0.15) is 6.92 Å². The smallest absolute Gasteiger partial charge is 0.236 e. The van der Waals surface area contributed by atoms with Crippen molar-refractivity contribution in [3.8, 4) is 0 Å². The number of morpholine rings is 1. The Bertz CT molecular complexity index is 565. The van der Waals surface area contributed by atoms with E-state index in [2.05, 4.69) is 31.8 Å². The van der Waals surface area contributed by atoms with Crippen LogP contribution >= 0.6 is 0 Å². The fourth-order valence-corrected chi connectivity index (χ4v) is 4.74. The number of nitrogens with one attached hydrogen (secondary N) is 1. The van der Waals surface area contributed by atoms with Gasteiger partial charge in [-0.1, -0.05) is 0 Å². The number of ether oxygens (including phenoxy) is 1. The second kappa shape index (κ2) is 10.1. The molecular formula is C20H37N7O2. The number of guanidine groups is 1. The first-order valence-corrected chi connectivity index (χ1v) is 11.3. The molecule has 9 nitrogen and oxygen atoms in total. The van der Waals surface area contributed by atoms with Gasteiger partial charge >= 0.3 is 0 Å². The van der Waals surface area contributed by atoms with Gasteiger partial charge in [0, 0.05) is 84.6 Å². The minimum Gasteiger partial charge on any atom is -0.378 e. The van der Waals surface area contributed by atoms with E-state index in [1.807, 2.05) is 4.90 Å². The van der Waals surface area contributed by atoms with Crippen LogP contribution in [-0.4, -0.2) is 147 Å². The lowest BCUT2D eigenvalue weighted by Crippen LogP contribution is -2.62. The Morgan fingerprint density at radius 2 is 1.69 bits per heavy atom. The number of nitrogens with zero attached hydrogens (tertiary/aromatic N) is 6. The Kier molecular flexibility index (Phi) is 7.23. The molecule has 0 aromatic heterocycles. The van der Waals surface area contributed by atoms with Crippen LogP contribution in [0, 0.1) is 0 Å². The lowest BCUT2D eigenvalue weighted by Gasteiger charge is -2.47. The molecular weight excluding hydrogens is 370 g/mol. The van der Waals surface area contributed by atoms with Gasteiger partial charge in [0.1, 0.15) is 0 Å². The number of hydrogen-bond donors (Lipinski definition) is 1. The Balaban J connectivity index is 1.25. The van der Waals surface area contributed by atoms with E-state index < -0.39 is 0 Å². The normalized spacial score (nSPS) is 31.2. The first kappa shape index (κ1) is 20.8. The first-order valence-electron chi connectivity index (χ1n) is 11.3. The van der Waals surface area contributed by atoms with Gasteiger partial charge < -0.3 is 19.9 Å². The summed E-state index contributed by atoms with van der Waals surface area (Å²) in [5.74, 6) is 1.27. The topological polar surface area (TPSA) is 66.9 Å². The second-order valence-corrected chi connectivity index (χ2v) is 8.44. The molecule has 0 aromatic rings. The van der Waals surface area contributed by atoms with Crippen LogP contribution in [0.15, 0.2) is 4.99 Å². The van der Waals surface area contributed by atoms with Crippen molar-refractivity contribution in [3.05, 3.63) is 0 Å². The molecule has 0 saturated carbocycles. The van der Waals surface area contributed by atoms with Gasteiger partial charge in [-0.15, -0.1) is 0 Å². The molecule has 1 amide bonds. The van der Waals surface area contributed by atoms with Crippen molar-refractivity contribution in [1.29, 1.82) is 0 Å². The SMILES string of the molecule is CCNC(=NCC1CN2CCN1CC2)N1CCN(CC(=O)N2CCOCC2)CC1. The number of aliphatic imine (C=N–C) groups is 1. The van der Waals surface area contributed by atoms with E-state index in [0.29, 0.717) is 25.8 Å². The van der Waals surface area contributed by atoms with Gasteiger partial charge in [0.25, 0.3) is 0 Å². The standard InChI is InChI=1S/C20H37N7O2/c1-2-21-20(22-15-18-16-23-3-7-25(18)8-4-23)27-9-5-24(6-10-27)17-19(28)26-11-13-29-14-12-26/h18H,2-17H2,1H3,(H,21,22). The second-order valence-electron chi connectivity index (χ2n) is 8.44. The van der Waals surface area contributed by atoms with Crippen LogP contribution in [0.5, 0.6) is 0 Å². The molecule has 5 aliphatic heterocycles. The molecule has 0 radical (unpaired) electrons. The highest BCUT2D eigenvalue weighted by Gasteiger charge is 2.32. The van der Waals surface area contributed by atoms with Gasteiger partial charge in [-0.25, -0.2) is 0 Å². The Hall–Kier alpha value is -1.42. The molecule has 5 fully saturated rings. The lowest BCUT2D eigenvalue weighted by atomic mass is 10.1. The van der Waals surface area contributed by atoms with E-state index in [9.17, 15) is 4.79 Å². The number of amides is 1. The van der Waals surface area contributed by atoms with Crippen molar-refractivity contribution in [2.45, 2.75) is 13.0 Å². The predicted octanol–water partition coefficient (Wildman–Crippen LogP) is -1.57. The fourth-order valence-electron chi connectivity index (χ4n) is 4.74. The minimum atomic E-state index is 0.235. The van der Waals surface area contributed by atoms with Crippen molar-refractivity contribution >= 4 is 11.9 Å². The summed E-state index contributed by atoms with van der Waals surface area (Å²) in [5.41, 5.74) is 0. The summed E-state index contributed by atoms with van der Waals surface area (Å²) in [6.07, 6.45) is 0. The third-order valence-electron chi connectivity index (χ3n) is 6.57. The molecule has 5 saturated heterocycles. The highest BCUT2D eigenvalue weighted by molar-refractivity contribution is 5.80. The highest BCUT2D eigenvalue weighted by Crippen LogP contribution is 2.16. The van der Waals surface area contributed by atoms with E-state index in [-0.39, 0.29) is 5.91 Å². The van der Waals surface area contributed by atoms with Crippen LogP contribution in [-0.2, 0) is 9.53 Å². The molecule has 5 aliphatic rings. The van der Waals surface area contributed by atoms with Gasteiger partial charge in [-0.3, -0.25) is 24.5 Å². The highest BCUT2D eigenvalue weighted by atomic mass is 16.5. The predicted molar refractivity (Wildman–Crippen MR) is 113 cm³/mol. The van der Waals surface area contributed by atoms with Crippen molar-refractivity contribution in [1.82, 2.24) is 29.8 Å². The number of fused-ring (bicyclic) bond motifs is 3. The zero-order valence-electron chi connectivity index (χ0n) is 17.9. The number of hydrogen-bond acceptors (Lipinski definition) is 6. The van der Waals surface area contributed by atoms with Crippen molar-refractivity contribution in [3.63, 3.8) is 0 Å². The van der Waals surface area contributed by atoms with Crippen LogP contribution in [0.25, 0.3) is 0 Å². The van der Waals surface area contributed by atoms with Gasteiger partial charge in [-0.05, 0) is 6.92 Å². The van der Waals surface area contributed by atoms with Gasteiger partial charge in [0.15, 0.2) is 5.96 Å². The summed E-state index contributed by atoms with van der Waals surface area (Å²) in [4.78, 5) is 29.2. The number of carbonyl (C=O) groups excluding carboxylic acids is 1. The van der Waals surface area contributed by atoms with Gasteiger partial charge in [0.2, 0.25) is 5.91 Å². The van der Waals surface area contributed by atoms with Crippen LogP contribution in [0.4, 0.5) is 0 Å². The third kappa shape index (κ3) is 5.39. The zero-order valence-corrected chi connectivity index (χ0v) is 17.9. The Labute approximate surface area is 174 Å². The quantitative estimate of drug-likeness (QED) is 0.436. The number of piperazine rings is 4. The first-order chi connectivity index (χ1) is 14.2. The summed E-state index contributed by atoms with van der Waals surface area (Å²) < 4.78 is 5.35. The minimum absolute atomic E-state index is 0.235. The van der Waals surface area contributed by atoms with Crippen molar-refractivity contribution in [2.75, 3.05) is 105 Å². The molecule has 0 aromatic carbocycles. The van der Waals surface area contributed by atoms with E-state index in [4.69, 9.17) is 9.73 Å². The maximum atomic E-state index is 12.5. The summed E-state index contributed by atoms with van der Waals surface area (Å²) >= 11 is 0. The molecule has 164 valence electrons. The maximum Gasteiger partial charge on any atom is 0.236 e. The van der Waals surface area contributed by atoms with Crippen LogP contribution < -0.4 is 5.32 Å². The largest absolute Gasteiger partial charge is 0.378 e. The molecule has 1 atom stereocenters. The van der Waals surface area contributed by atoms with Gasteiger partial charge in [0.05, 0.1) is 26.3 Å². The summed E-state index contributed by atoms with van der Waals surface area (Å²) in [5, 5.41) is 3.48. The lowest BCUT2D eigenvalue weighted by molar-refractivity contribution is -0.136. The molecule has 5 rings (SSSR count). The molecule has 0 spiro atoms. The molecule has 1 N–H and O–H groups in total. The van der Waals surface area contributed by atoms with E-state index in [0.717, 1.165) is 64.9 Å². The van der Waals surface area contributed by atoms with Gasteiger partial charge in [-0.2, -0.15) is 0 Å². The summed E-state index contributed by atoms with van der Waals surface area (Å²) in [6.45, 7) is 16.8. The van der Waals surface area contributed by atoms with E-state index in [1.165, 1.54) is 26.2 Å². The molecule has 5 heterocycles. The van der Waals surface area contributed by atoms with E-state index in [1.54, 1.807) is 0 Å². The average Bonchev–Trinajstić information content (AvgIpc) is 2.78. The van der Waals surface area contributed by atoms with Crippen LogP contribution in [0.3, 0.4) is 0 Å². The van der Waals surface area contributed by atoms with Crippen LogP contribution in [0.2, 0.25) is 0 Å². The molecule has 1 unspecified atom stereocenters. The van der Waals surface area contributed by atoms with Crippen molar-refractivity contribution in [2.24, 2.45) is 4.99 Å². The summed E-state index contributed by atoms with van der Waals surface area (Å²) in [7, 11) is 0. The number of rotatable bonds is 5. The number of carbonyl (C=O) groups is 1. The monoisotopic (exact) mass is 407 g/mol. The summed E-state index contributed by atoms with van der Waals surface area (Å²) in [6, 6.07) is 0.554. The fraction of sp³-hybridized carbons (Fsp3) is 0.900. The maximum absolute atomic E-state index is 12.5. The van der Waals surface area contributed by atoms with E-state index >= 15 is 0 Å². The Morgan fingerprint density at radius 1 is 0.966 bits per heavy atom. The molecule has 0 aliphatic carbocycles. The zero-order chi connectivity index (χ0) is 20.1. The van der Waals surface area contributed by atoms with Crippen molar-refractivity contribution < 1.29 is 9.53 Å². The third-order valence-corrected chi connectivity index (χ3v) is 6.57. The Morgan fingerprint density at radius 3 is 2.31 bits per heavy atom. The molecule has 29 heavy (non-hydrogen) atoms. The average molecular weight is 408 g/mol. The molecule has 2 bridgehead atoms. The molecule has 9 heteroatoms.